The number of fused-ring (bicyclic) bond motifs is 1. The molecule has 0 saturated carbocycles. The largest absolute Gasteiger partial charge is 0.497 e. The lowest BCUT2D eigenvalue weighted by molar-refractivity contribution is 0.344. The Morgan fingerprint density at radius 2 is 2.00 bits per heavy atom. The normalized spacial score (nSPS) is 18.5. The van der Waals surface area contributed by atoms with Gasteiger partial charge in [-0.15, -0.1) is 0 Å². The van der Waals surface area contributed by atoms with Crippen molar-refractivity contribution in [2.45, 2.75) is 12.5 Å². The van der Waals surface area contributed by atoms with E-state index in [4.69, 9.17) is 16.3 Å². The zero-order valence-electron chi connectivity index (χ0n) is 13.0. The van der Waals surface area contributed by atoms with E-state index in [9.17, 15) is 8.42 Å². The van der Waals surface area contributed by atoms with Crippen molar-refractivity contribution in [1.29, 1.82) is 0 Å². The number of hydrogen-bond acceptors (Lipinski definition) is 3. The number of nitrogens with zero attached hydrogens (tertiary/aromatic N) is 1. The number of sulfonamides is 1. The lowest BCUT2D eigenvalue weighted by Gasteiger charge is -2.36. The fourth-order valence-electron chi connectivity index (χ4n) is 3.08. The van der Waals surface area contributed by atoms with E-state index in [1.54, 1.807) is 13.2 Å². The highest BCUT2D eigenvalue weighted by Gasteiger charge is 2.34. The van der Waals surface area contributed by atoms with Crippen molar-refractivity contribution in [2.24, 2.45) is 0 Å². The maximum absolute atomic E-state index is 12.3. The van der Waals surface area contributed by atoms with E-state index in [-0.39, 0.29) is 6.04 Å². The van der Waals surface area contributed by atoms with Crippen LogP contribution in [0.5, 0.6) is 5.75 Å². The van der Waals surface area contributed by atoms with Crippen LogP contribution in [0, 0.1) is 0 Å². The maximum Gasteiger partial charge on any atom is 0.212 e. The van der Waals surface area contributed by atoms with Crippen LogP contribution in [-0.2, 0) is 16.4 Å². The molecule has 0 N–H and O–H groups in total. The first-order chi connectivity index (χ1) is 10.9. The predicted octanol–water partition coefficient (Wildman–Crippen LogP) is 3.26. The summed E-state index contributed by atoms with van der Waals surface area (Å²) in [4.78, 5) is 0. The van der Waals surface area contributed by atoms with Gasteiger partial charge in [0.2, 0.25) is 10.0 Å². The molecule has 122 valence electrons. The Morgan fingerprint density at radius 1 is 1.22 bits per heavy atom. The molecule has 23 heavy (non-hydrogen) atoms. The third-order valence-corrected chi connectivity index (χ3v) is 5.61. The third-order valence-electron chi connectivity index (χ3n) is 4.13. The van der Waals surface area contributed by atoms with Gasteiger partial charge in [-0.05, 0) is 47.4 Å². The Morgan fingerprint density at radius 3 is 2.65 bits per heavy atom. The van der Waals surface area contributed by atoms with Crippen LogP contribution < -0.4 is 4.74 Å². The summed E-state index contributed by atoms with van der Waals surface area (Å²) < 4.78 is 31.4. The lowest BCUT2D eigenvalue weighted by Crippen LogP contribution is -2.39. The Kier molecular flexibility index (Phi) is 4.36. The van der Waals surface area contributed by atoms with Gasteiger partial charge in [0.15, 0.2) is 0 Å². The highest BCUT2D eigenvalue weighted by atomic mass is 35.5. The molecular weight excluding hydrogens is 334 g/mol. The van der Waals surface area contributed by atoms with Gasteiger partial charge in [-0.25, -0.2) is 8.42 Å². The van der Waals surface area contributed by atoms with Crippen molar-refractivity contribution in [3.8, 4) is 5.75 Å². The van der Waals surface area contributed by atoms with Crippen molar-refractivity contribution < 1.29 is 13.2 Å². The molecule has 1 aliphatic heterocycles. The first-order valence-corrected chi connectivity index (χ1v) is 9.52. The van der Waals surface area contributed by atoms with Crippen LogP contribution >= 0.6 is 11.6 Å². The lowest BCUT2D eigenvalue weighted by atomic mass is 9.89. The molecule has 0 saturated heterocycles. The Bertz CT molecular complexity index is 835. The minimum atomic E-state index is -3.35. The third kappa shape index (κ3) is 3.22. The number of benzene rings is 2. The standard InChI is InChI=1S/C17H18ClNO3S/c1-22-15-7-6-12-8-9-19(23(2,20)21)17(16(12)11-15)13-4-3-5-14(18)10-13/h3-7,10-11,17H,8-9H2,1-2H3. The van der Waals surface area contributed by atoms with Crippen molar-refractivity contribution in [2.75, 3.05) is 19.9 Å². The number of rotatable bonds is 3. The second kappa shape index (κ2) is 6.15. The van der Waals surface area contributed by atoms with Gasteiger partial charge in [0.1, 0.15) is 5.75 Å². The van der Waals surface area contributed by atoms with Crippen LogP contribution in [0.1, 0.15) is 22.7 Å². The molecule has 2 aromatic carbocycles. The summed E-state index contributed by atoms with van der Waals surface area (Å²) >= 11 is 6.12. The molecular formula is C17H18ClNO3S. The number of methoxy groups -OCH3 is 1. The van der Waals surface area contributed by atoms with Gasteiger partial charge in [0.25, 0.3) is 0 Å². The molecule has 0 amide bonds. The average Bonchev–Trinajstić information content (AvgIpc) is 2.52. The van der Waals surface area contributed by atoms with Crippen molar-refractivity contribution >= 4 is 21.6 Å². The van der Waals surface area contributed by atoms with E-state index in [1.165, 1.54) is 10.6 Å². The number of hydrogen-bond donors (Lipinski definition) is 0. The van der Waals surface area contributed by atoms with Crippen LogP contribution in [0.15, 0.2) is 42.5 Å². The van der Waals surface area contributed by atoms with Crippen molar-refractivity contribution in [1.82, 2.24) is 4.31 Å². The minimum Gasteiger partial charge on any atom is -0.497 e. The average molecular weight is 352 g/mol. The molecule has 0 fully saturated rings. The van der Waals surface area contributed by atoms with Crippen LogP contribution in [0.3, 0.4) is 0 Å². The Hall–Kier alpha value is -1.56. The van der Waals surface area contributed by atoms with Crippen LogP contribution in [0.25, 0.3) is 0 Å². The topological polar surface area (TPSA) is 46.6 Å². The molecule has 0 aliphatic carbocycles. The van der Waals surface area contributed by atoms with E-state index in [0.717, 1.165) is 16.7 Å². The fourth-order valence-corrected chi connectivity index (χ4v) is 4.32. The first kappa shape index (κ1) is 16.3. The van der Waals surface area contributed by atoms with E-state index in [0.29, 0.717) is 23.7 Å². The first-order valence-electron chi connectivity index (χ1n) is 7.29. The summed E-state index contributed by atoms with van der Waals surface area (Å²) in [7, 11) is -1.74. The molecule has 1 heterocycles. The monoisotopic (exact) mass is 351 g/mol. The van der Waals surface area contributed by atoms with Gasteiger partial charge in [0, 0.05) is 11.6 Å². The fraction of sp³-hybridized carbons (Fsp3) is 0.294. The van der Waals surface area contributed by atoms with Crippen molar-refractivity contribution in [3.05, 3.63) is 64.2 Å². The smallest absolute Gasteiger partial charge is 0.212 e. The van der Waals surface area contributed by atoms with Crippen molar-refractivity contribution in [3.63, 3.8) is 0 Å². The van der Waals surface area contributed by atoms with Gasteiger partial charge < -0.3 is 4.74 Å². The summed E-state index contributed by atoms with van der Waals surface area (Å²) in [5.74, 6) is 0.714. The Labute approximate surface area is 141 Å². The molecule has 3 rings (SSSR count). The summed E-state index contributed by atoms with van der Waals surface area (Å²) in [5, 5.41) is 0.589. The summed E-state index contributed by atoms with van der Waals surface area (Å²) in [5.41, 5.74) is 2.94. The molecule has 2 aromatic rings. The summed E-state index contributed by atoms with van der Waals surface area (Å²) in [6.07, 6.45) is 1.93. The highest BCUT2D eigenvalue weighted by Crippen LogP contribution is 2.38. The van der Waals surface area contributed by atoms with E-state index in [1.807, 2.05) is 36.4 Å². The Balaban J connectivity index is 2.21. The molecule has 1 aliphatic rings. The van der Waals surface area contributed by atoms with Gasteiger partial charge in [-0.3, -0.25) is 0 Å². The summed E-state index contributed by atoms with van der Waals surface area (Å²) in [6, 6.07) is 12.8. The van der Waals surface area contributed by atoms with Crippen LogP contribution in [0.4, 0.5) is 0 Å². The number of halogens is 1. The van der Waals surface area contributed by atoms with E-state index < -0.39 is 10.0 Å². The number of ether oxygens (including phenoxy) is 1. The van der Waals surface area contributed by atoms with Crippen LogP contribution in [0.2, 0.25) is 5.02 Å². The second-order valence-electron chi connectivity index (χ2n) is 5.65. The molecule has 0 aromatic heterocycles. The van der Waals surface area contributed by atoms with Crippen LogP contribution in [-0.4, -0.2) is 32.6 Å². The van der Waals surface area contributed by atoms with Gasteiger partial charge >= 0.3 is 0 Å². The summed E-state index contributed by atoms with van der Waals surface area (Å²) in [6.45, 7) is 0.454. The highest BCUT2D eigenvalue weighted by molar-refractivity contribution is 7.88. The predicted molar refractivity (Wildman–Crippen MR) is 91.5 cm³/mol. The molecule has 0 spiro atoms. The zero-order valence-corrected chi connectivity index (χ0v) is 14.6. The minimum absolute atomic E-state index is 0.387. The van der Waals surface area contributed by atoms with E-state index in [2.05, 4.69) is 0 Å². The molecule has 1 atom stereocenters. The molecule has 6 heteroatoms. The van der Waals surface area contributed by atoms with Gasteiger partial charge in [-0.2, -0.15) is 4.31 Å². The molecule has 4 nitrogen and oxygen atoms in total. The molecule has 0 bridgehead atoms. The van der Waals surface area contributed by atoms with E-state index >= 15 is 0 Å². The van der Waals surface area contributed by atoms with Gasteiger partial charge in [-0.1, -0.05) is 29.8 Å². The molecule has 0 radical (unpaired) electrons. The zero-order chi connectivity index (χ0) is 16.6. The maximum atomic E-state index is 12.3. The molecule has 1 unspecified atom stereocenters. The van der Waals surface area contributed by atoms with Gasteiger partial charge in [0.05, 0.1) is 19.4 Å². The quantitative estimate of drug-likeness (QED) is 0.852. The second-order valence-corrected chi connectivity index (χ2v) is 8.02. The SMILES string of the molecule is COc1ccc2c(c1)C(c1cccc(Cl)c1)N(S(C)(=O)=O)CC2.